The molecule has 0 fully saturated rings. The molecule has 0 unspecified atom stereocenters. The van der Waals surface area contributed by atoms with Gasteiger partial charge in [-0.3, -0.25) is 4.79 Å². The molecule has 0 aliphatic rings. The number of rotatable bonds is 6. The Balaban J connectivity index is 2.11. The molecule has 0 spiro atoms. The molecule has 2 N–H and O–H groups in total. The summed E-state index contributed by atoms with van der Waals surface area (Å²) in [7, 11) is 0. The minimum absolute atomic E-state index is 0.00660. The average molecular weight is 427 g/mol. The molecule has 0 atom stereocenters. The summed E-state index contributed by atoms with van der Waals surface area (Å²) >= 11 is 6.99. The minimum atomic E-state index is 0.00660. The fraction of sp³-hybridized carbons (Fsp3) is 0.235. The number of halogens is 2. The third kappa shape index (κ3) is 4.66. The quantitative estimate of drug-likeness (QED) is 0.754. The zero-order valence-corrected chi connectivity index (χ0v) is 15.4. The van der Waals surface area contributed by atoms with Gasteiger partial charge in [-0.05, 0) is 62.0 Å². The number of ketones is 1. The molecule has 0 bridgehead atoms. The first-order valence-corrected chi connectivity index (χ1v) is 8.46. The summed E-state index contributed by atoms with van der Waals surface area (Å²) in [6.07, 6.45) is 0.325. The van der Waals surface area contributed by atoms with Gasteiger partial charge in [-0.15, -0.1) is 0 Å². The number of carbonyl (C=O) groups excluding carboxylic acids is 1. The van der Waals surface area contributed by atoms with Crippen molar-refractivity contribution in [3.63, 3.8) is 0 Å². The van der Waals surface area contributed by atoms with Gasteiger partial charge in [0.05, 0.1) is 15.5 Å². The molecule has 3 nitrogen and oxygen atoms in total. The zero-order chi connectivity index (χ0) is 16.1. The second kappa shape index (κ2) is 7.90. The smallest absolute Gasteiger partial charge is 0.150 e. The van der Waals surface area contributed by atoms with E-state index in [1.54, 1.807) is 0 Å². The van der Waals surface area contributed by atoms with Crippen molar-refractivity contribution in [3.05, 3.63) is 62.0 Å². The van der Waals surface area contributed by atoms with Crippen LogP contribution in [-0.2, 0) is 17.8 Å². The van der Waals surface area contributed by atoms with E-state index in [9.17, 15) is 4.79 Å². The summed E-state index contributed by atoms with van der Waals surface area (Å²) in [5.74, 6) is 0.733. The summed E-state index contributed by atoms with van der Waals surface area (Å²) in [5.41, 5.74) is 8.58. The van der Waals surface area contributed by atoms with Crippen LogP contribution < -0.4 is 10.5 Å². The van der Waals surface area contributed by atoms with Crippen molar-refractivity contribution in [1.82, 2.24) is 0 Å². The second-order valence-corrected chi connectivity index (χ2v) is 6.79. The van der Waals surface area contributed by atoms with Crippen LogP contribution in [0.3, 0.4) is 0 Å². The van der Waals surface area contributed by atoms with E-state index >= 15 is 0 Å². The largest absolute Gasteiger partial charge is 0.487 e. The number of carbonyl (C=O) groups is 1. The maximum atomic E-state index is 11.4. The van der Waals surface area contributed by atoms with Crippen LogP contribution in [0.5, 0.6) is 5.75 Å². The van der Waals surface area contributed by atoms with Crippen molar-refractivity contribution in [1.29, 1.82) is 0 Å². The Bertz CT molecular complexity index is 646. The summed E-state index contributed by atoms with van der Waals surface area (Å²) in [6, 6.07) is 12.0. The Hall–Kier alpha value is -1.17. The maximum absolute atomic E-state index is 11.4. The first-order valence-electron chi connectivity index (χ1n) is 6.87. The SMILES string of the molecule is Cc1ccc(COc2c(Br)cc(CC(=O)CN)cc2Br)cc1. The van der Waals surface area contributed by atoms with E-state index in [1.165, 1.54) is 5.56 Å². The number of nitrogens with two attached hydrogens (primary N) is 1. The molecule has 0 aromatic heterocycles. The van der Waals surface area contributed by atoms with Crippen LogP contribution in [0.15, 0.2) is 45.3 Å². The van der Waals surface area contributed by atoms with Gasteiger partial charge in [-0.2, -0.15) is 0 Å². The molecule has 5 heteroatoms. The molecule has 0 saturated heterocycles. The molecule has 0 heterocycles. The highest BCUT2D eigenvalue weighted by molar-refractivity contribution is 9.11. The lowest BCUT2D eigenvalue weighted by Crippen LogP contribution is -2.15. The Morgan fingerprint density at radius 1 is 1.09 bits per heavy atom. The van der Waals surface area contributed by atoms with Gasteiger partial charge in [0.15, 0.2) is 5.78 Å². The van der Waals surface area contributed by atoms with Gasteiger partial charge in [0.2, 0.25) is 0 Å². The highest BCUT2D eigenvalue weighted by Crippen LogP contribution is 2.35. The molecule has 116 valence electrons. The molecule has 2 aromatic rings. The zero-order valence-electron chi connectivity index (χ0n) is 12.2. The van der Waals surface area contributed by atoms with Crippen molar-refractivity contribution in [2.24, 2.45) is 5.73 Å². The first-order chi connectivity index (χ1) is 10.5. The molecular weight excluding hydrogens is 410 g/mol. The minimum Gasteiger partial charge on any atom is -0.487 e. The fourth-order valence-corrected chi connectivity index (χ4v) is 3.50. The van der Waals surface area contributed by atoms with Gasteiger partial charge in [-0.25, -0.2) is 0 Å². The molecule has 0 saturated carbocycles. The summed E-state index contributed by atoms with van der Waals surface area (Å²) in [6.45, 7) is 2.60. The van der Waals surface area contributed by atoms with E-state index in [0.717, 1.165) is 25.8 Å². The molecule has 0 aliphatic heterocycles. The topological polar surface area (TPSA) is 52.3 Å². The van der Waals surface area contributed by atoms with E-state index < -0.39 is 0 Å². The van der Waals surface area contributed by atoms with Gasteiger partial charge < -0.3 is 10.5 Å². The van der Waals surface area contributed by atoms with Crippen LogP contribution in [0.1, 0.15) is 16.7 Å². The van der Waals surface area contributed by atoms with Crippen LogP contribution >= 0.6 is 31.9 Å². The lowest BCUT2D eigenvalue weighted by atomic mass is 10.1. The van der Waals surface area contributed by atoms with Crippen LogP contribution in [0.2, 0.25) is 0 Å². The Morgan fingerprint density at radius 2 is 1.68 bits per heavy atom. The molecule has 0 radical (unpaired) electrons. The number of benzene rings is 2. The number of Topliss-reactive ketones (excluding diaryl/α,β-unsaturated/α-hetero) is 1. The van der Waals surface area contributed by atoms with Gasteiger partial charge in [-0.1, -0.05) is 29.8 Å². The summed E-state index contributed by atoms with van der Waals surface area (Å²) < 4.78 is 7.50. The monoisotopic (exact) mass is 425 g/mol. The van der Waals surface area contributed by atoms with E-state index in [4.69, 9.17) is 10.5 Å². The third-order valence-electron chi connectivity index (χ3n) is 3.19. The van der Waals surface area contributed by atoms with Gasteiger partial charge in [0.25, 0.3) is 0 Å². The number of aryl methyl sites for hydroxylation is 1. The normalized spacial score (nSPS) is 10.5. The lowest BCUT2D eigenvalue weighted by molar-refractivity contribution is -0.117. The van der Waals surface area contributed by atoms with Crippen LogP contribution in [-0.4, -0.2) is 12.3 Å². The van der Waals surface area contributed by atoms with Crippen LogP contribution in [0.4, 0.5) is 0 Å². The lowest BCUT2D eigenvalue weighted by Gasteiger charge is -2.12. The van der Waals surface area contributed by atoms with Gasteiger partial charge >= 0.3 is 0 Å². The predicted octanol–water partition coefficient (Wildman–Crippen LogP) is 4.17. The molecule has 2 rings (SSSR count). The van der Waals surface area contributed by atoms with Crippen molar-refractivity contribution < 1.29 is 9.53 Å². The van der Waals surface area contributed by atoms with Gasteiger partial charge in [0, 0.05) is 6.42 Å². The number of ether oxygens (including phenoxy) is 1. The van der Waals surface area contributed by atoms with Crippen molar-refractivity contribution in [2.45, 2.75) is 20.0 Å². The highest BCUT2D eigenvalue weighted by atomic mass is 79.9. The molecule has 2 aromatic carbocycles. The predicted molar refractivity (Wildman–Crippen MR) is 95.1 cm³/mol. The molecule has 22 heavy (non-hydrogen) atoms. The molecule has 0 aliphatic carbocycles. The van der Waals surface area contributed by atoms with E-state index in [0.29, 0.717) is 13.0 Å². The van der Waals surface area contributed by atoms with Gasteiger partial charge in [0.1, 0.15) is 12.4 Å². The first kappa shape index (κ1) is 17.2. The Labute approximate surface area is 147 Å². The Kier molecular flexibility index (Phi) is 6.17. The number of hydrogen-bond donors (Lipinski definition) is 1. The second-order valence-electron chi connectivity index (χ2n) is 5.08. The van der Waals surface area contributed by atoms with Crippen LogP contribution in [0.25, 0.3) is 0 Å². The van der Waals surface area contributed by atoms with Crippen molar-refractivity contribution in [3.8, 4) is 5.75 Å². The van der Waals surface area contributed by atoms with Crippen molar-refractivity contribution >= 4 is 37.6 Å². The highest BCUT2D eigenvalue weighted by Gasteiger charge is 2.11. The van der Waals surface area contributed by atoms with E-state index in [-0.39, 0.29) is 12.3 Å². The molecular formula is C17H17Br2NO2. The Morgan fingerprint density at radius 3 is 2.23 bits per heavy atom. The third-order valence-corrected chi connectivity index (χ3v) is 4.37. The van der Waals surface area contributed by atoms with Crippen molar-refractivity contribution in [2.75, 3.05) is 6.54 Å². The summed E-state index contributed by atoms with van der Waals surface area (Å²) in [5, 5.41) is 0. The molecule has 0 amide bonds. The van der Waals surface area contributed by atoms with Crippen LogP contribution in [0, 0.1) is 6.92 Å². The van der Waals surface area contributed by atoms with E-state index in [1.807, 2.05) is 24.3 Å². The average Bonchev–Trinajstić information content (AvgIpc) is 2.48. The maximum Gasteiger partial charge on any atom is 0.150 e. The standard InChI is InChI=1S/C17H17Br2NO2/c1-11-2-4-12(5-3-11)10-22-17-15(18)7-13(8-16(17)19)6-14(21)9-20/h2-5,7-8H,6,9-10,20H2,1H3. The fourth-order valence-electron chi connectivity index (χ4n) is 1.99. The summed E-state index contributed by atoms with van der Waals surface area (Å²) in [4.78, 5) is 11.4. The number of hydrogen-bond acceptors (Lipinski definition) is 3. The van der Waals surface area contributed by atoms with E-state index in [2.05, 4.69) is 50.9 Å².